The lowest BCUT2D eigenvalue weighted by molar-refractivity contribution is -0.143. The number of carbonyl (C=O) groups is 2. The standard InChI is InChI=1S/C30H43N3O3S/c34-26(32-17-19-33(20-18-32)28(35)30(36)13-14-30)23-11-9-22(10-12-23)25-21-29(15-16-31-27(29)37-25)24-7-5-3-1-2-4-6-8-24/h9-12,24-25,27,31,36H,1-8,13-21H2. The molecule has 7 heteroatoms. The quantitative estimate of drug-likeness (QED) is 0.595. The van der Waals surface area contributed by atoms with Crippen molar-refractivity contribution in [1.82, 2.24) is 15.1 Å². The van der Waals surface area contributed by atoms with Crippen molar-refractivity contribution < 1.29 is 14.7 Å². The van der Waals surface area contributed by atoms with Gasteiger partial charge in [0.2, 0.25) is 0 Å². The predicted octanol–water partition coefficient (Wildman–Crippen LogP) is 4.73. The van der Waals surface area contributed by atoms with Gasteiger partial charge in [0.25, 0.3) is 11.8 Å². The van der Waals surface area contributed by atoms with E-state index in [0.717, 1.165) is 18.0 Å². The number of fused-ring (bicyclic) bond motifs is 1. The Morgan fingerprint density at radius 3 is 2.14 bits per heavy atom. The number of nitrogens with one attached hydrogen (secondary N) is 1. The minimum atomic E-state index is -1.12. The summed E-state index contributed by atoms with van der Waals surface area (Å²) in [4.78, 5) is 29.1. The van der Waals surface area contributed by atoms with Crippen LogP contribution in [0.2, 0.25) is 0 Å². The van der Waals surface area contributed by atoms with Crippen LogP contribution >= 0.6 is 11.8 Å². The fourth-order valence-corrected chi connectivity index (χ4v) is 9.41. The fraction of sp³-hybridized carbons (Fsp3) is 0.733. The van der Waals surface area contributed by atoms with Crippen molar-refractivity contribution in [3.63, 3.8) is 0 Å². The minimum absolute atomic E-state index is 0.0449. The molecule has 6 rings (SSSR count). The zero-order chi connectivity index (χ0) is 25.5. The first-order valence-electron chi connectivity index (χ1n) is 14.8. The molecule has 2 saturated carbocycles. The number of benzene rings is 1. The van der Waals surface area contributed by atoms with Crippen LogP contribution in [0.1, 0.15) is 98.2 Å². The van der Waals surface area contributed by atoms with Crippen molar-refractivity contribution in [2.45, 2.75) is 93.3 Å². The van der Waals surface area contributed by atoms with Gasteiger partial charge in [0.05, 0.1) is 5.37 Å². The van der Waals surface area contributed by atoms with Gasteiger partial charge in [0.15, 0.2) is 0 Å². The highest BCUT2D eigenvalue weighted by molar-refractivity contribution is 8.00. The second kappa shape index (κ2) is 10.5. The van der Waals surface area contributed by atoms with Crippen LogP contribution < -0.4 is 5.32 Å². The molecule has 0 aromatic heterocycles. The van der Waals surface area contributed by atoms with Gasteiger partial charge in [-0.3, -0.25) is 9.59 Å². The van der Waals surface area contributed by atoms with E-state index in [1.807, 2.05) is 17.0 Å². The van der Waals surface area contributed by atoms with Crippen LogP contribution in [0.15, 0.2) is 24.3 Å². The average molecular weight is 526 g/mol. The summed E-state index contributed by atoms with van der Waals surface area (Å²) < 4.78 is 0. The molecule has 1 aromatic carbocycles. The fourth-order valence-electron chi connectivity index (χ4n) is 7.47. The third-order valence-corrected chi connectivity index (χ3v) is 11.7. The highest BCUT2D eigenvalue weighted by atomic mass is 32.2. The molecule has 1 aromatic rings. The normalized spacial score (nSPS) is 32.4. The van der Waals surface area contributed by atoms with Gasteiger partial charge in [-0.15, -0.1) is 11.8 Å². The smallest absolute Gasteiger partial charge is 0.254 e. The third kappa shape index (κ3) is 5.08. The number of thioether (sulfide) groups is 1. The number of piperazine rings is 1. The number of nitrogens with zero attached hydrogens (tertiary/aromatic N) is 2. The Labute approximate surface area is 225 Å². The van der Waals surface area contributed by atoms with Gasteiger partial charge in [0.1, 0.15) is 5.60 Å². The summed E-state index contributed by atoms with van der Waals surface area (Å²) in [5.74, 6) is 0.726. The van der Waals surface area contributed by atoms with Crippen molar-refractivity contribution >= 4 is 23.6 Å². The second-order valence-corrected chi connectivity index (χ2v) is 13.6. The molecule has 6 nitrogen and oxygen atoms in total. The van der Waals surface area contributed by atoms with E-state index in [2.05, 4.69) is 29.2 Å². The highest BCUT2D eigenvalue weighted by Crippen LogP contribution is 2.62. The average Bonchev–Trinajstić information content (AvgIpc) is 3.35. The summed E-state index contributed by atoms with van der Waals surface area (Å²) in [6.45, 7) is 3.21. The summed E-state index contributed by atoms with van der Waals surface area (Å²) in [5, 5.41) is 15.0. The predicted molar refractivity (Wildman–Crippen MR) is 147 cm³/mol. The lowest BCUT2D eigenvalue weighted by Crippen LogP contribution is -2.53. The Morgan fingerprint density at radius 2 is 1.49 bits per heavy atom. The molecule has 3 saturated heterocycles. The van der Waals surface area contributed by atoms with Gasteiger partial charge >= 0.3 is 0 Å². The third-order valence-electron chi connectivity index (χ3n) is 9.98. The number of carbonyl (C=O) groups excluding carboxylic acids is 2. The zero-order valence-electron chi connectivity index (χ0n) is 22.1. The molecule has 37 heavy (non-hydrogen) atoms. The molecule has 5 aliphatic rings. The molecule has 2 N–H and O–H groups in total. The largest absolute Gasteiger partial charge is 0.380 e. The summed E-state index contributed by atoms with van der Waals surface area (Å²) in [6.07, 6.45) is 14.9. The summed E-state index contributed by atoms with van der Waals surface area (Å²) in [6, 6.07) is 8.39. The van der Waals surface area contributed by atoms with E-state index in [4.69, 9.17) is 0 Å². The molecule has 2 aliphatic carbocycles. The van der Waals surface area contributed by atoms with Crippen LogP contribution in [0, 0.1) is 11.3 Å². The maximum Gasteiger partial charge on any atom is 0.254 e. The van der Waals surface area contributed by atoms with Crippen LogP contribution in [0.25, 0.3) is 0 Å². The van der Waals surface area contributed by atoms with Gasteiger partial charge in [-0.2, -0.15) is 0 Å². The maximum atomic E-state index is 13.2. The lowest BCUT2D eigenvalue weighted by Gasteiger charge is -2.37. The number of aliphatic hydroxyl groups is 1. The number of hydrogen-bond acceptors (Lipinski definition) is 5. The Bertz CT molecular complexity index is 978. The highest BCUT2D eigenvalue weighted by Gasteiger charge is 2.54. The Kier molecular flexibility index (Phi) is 7.32. The van der Waals surface area contributed by atoms with Crippen LogP contribution in [0.5, 0.6) is 0 Å². The van der Waals surface area contributed by atoms with E-state index in [1.54, 1.807) is 4.90 Å². The van der Waals surface area contributed by atoms with Crippen molar-refractivity contribution in [2.24, 2.45) is 11.3 Å². The monoisotopic (exact) mass is 525 g/mol. The van der Waals surface area contributed by atoms with E-state index < -0.39 is 5.60 Å². The molecular weight excluding hydrogens is 482 g/mol. The maximum absolute atomic E-state index is 13.2. The van der Waals surface area contributed by atoms with Gasteiger partial charge in [-0.05, 0) is 68.7 Å². The Morgan fingerprint density at radius 1 is 0.865 bits per heavy atom. The number of amides is 2. The molecule has 3 heterocycles. The van der Waals surface area contributed by atoms with Gasteiger partial charge < -0.3 is 20.2 Å². The Balaban J connectivity index is 1.08. The van der Waals surface area contributed by atoms with Gasteiger partial charge in [0, 0.05) is 42.4 Å². The van der Waals surface area contributed by atoms with E-state index in [9.17, 15) is 14.7 Å². The van der Waals surface area contributed by atoms with Crippen LogP contribution in [0.4, 0.5) is 0 Å². The van der Waals surface area contributed by atoms with Crippen molar-refractivity contribution in [2.75, 3.05) is 32.7 Å². The van der Waals surface area contributed by atoms with E-state index in [1.165, 1.54) is 69.8 Å². The SMILES string of the molecule is O=C(c1ccc(C2CC3(C4CCCCCCCC4)CCNC3S2)cc1)N1CCN(C(=O)C2(O)CC2)CC1. The molecule has 2 amide bonds. The van der Waals surface area contributed by atoms with Gasteiger partial charge in [-0.1, -0.05) is 50.7 Å². The first kappa shape index (κ1) is 25.7. The molecule has 3 unspecified atom stereocenters. The number of hydrogen-bond donors (Lipinski definition) is 2. The summed E-state index contributed by atoms with van der Waals surface area (Å²) in [7, 11) is 0. The van der Waals surface area contributed by atoms with Crippen LogP contribution in [-0.2, 0) is 4.79 Å². The molecule has 0 bridgehead atoms. The summed E-state index contributed by atoms with van der Waals surface area (Å²) >= 11 is 2.13. The molecule has 0 radical (unpaired) electrons. The second-order valence-electron chi connectivity index (χ2n) is 12.3. The van der Waals surface area contributed by atoms with Crippen molar-refractivity contribution in [1.29, 1.82) is 0 Å². The zero-order valence-corrected chi connectivity index (χ0v) is 22.9. The first-order valence-corrected chi connectivity index (χ1v) is 15.7. The molecule has 202 valence electrons. The molecule has 3 atom stereocenters. The van der Waals surface area contributed by atoms with Crippen molar-refractivity contribution in [3.05, 3.63) is 35.4 Å². The first-order chi connectivity index (χ1) is 18.0. The minimum Gasteiger partial charge on any atom is -0.380 e. The molecule has 0 spiro atoms. The summed E-state index contributed by atoms with van der Waals surface area (Å²) in [5.41, 5.74) is 1.39. The van der Waals surface area contributed by atoms with Crippen LogP contribution in [0.3, 0.4) is 0 Å². The lowest BCUT2D eigenvalue weighted by atomic mass is 9.67. The van der Waals surface area contributed by atoms with Crippen LogP contribution in [-0.4, -0.2) is 70.4 Å². The topological polar surface area (TPSA) is 72.9 Å². The molecule has 5 fully saturated rings. The van der Waals surface area contributed by atoms with Crippen molar-refractivity contribution in [3.8, 4) is 0 Å². The number of rotatable bonds is 4. The van der Waals surface area contributed by atoms with E-state index in [0.29, 0.717) is 55.1 Å². The Hall–Kier alpha value is -1.57. The molecule has 3 aliphatic heterocycles. The van der Waals surface area contributed by atoms with E-state index >= 15 is 0 Å². The molecular formula is C30H43N3O3S. The van der Waals surface area contributed by atoms with Gasteiger partial charge in [-0.25, -0.2) is 0 Å². The van der Waals surface area contributed by atoms with E-state index in [-0.39, 0.29) is 11.8 Å².